The molecule has 1 unspecified atom stereocenters. The molecule has 1 nitrogen and oxygen atoms in total. The number of aliphatic hydroxyl groups is 1. The van der Waals surface area contributed by atoms with Gasteiger partial charge in [-0.25, -0.2) is 0 Å². The zero-order valence-electron chi connectivity index (χ0n) is 14.6. The minimum absolute atomic E-state index is 0.120. The predicted molar refractivity (Wildman–Crippen MR) is 97.6 cm³/mol. The van der Waals surface area contributed by atoms with Crippen LogP contribution in [0.25, 0.3) is 11.1 Å². The Morgan fingerprint density at radius 3 is 2.57 bits per heavy atom. The number of benzene rings is 2. The van der Waals surface area contributed by atoms with E-state index in [2.05, 4.69) is 63.2 Å². The van der Waals surface area contributed by atoms with Gasteiger partial charge >= 0.3 is 0 Å². The van der Waals surface area contributed by atoms with Crippen LogP contribution in [0.4, 0.5) is 0 Å². The van der Waals surface area contributed by atoms with Crippen LogP contribution in [0.2, 0.25) is 0 Å². The van der Waals surface area contributed by atoms with E-state index < -0.39 is 0 Å². The molecule has 2 aromatic carbocycles. The maximum Gasteiger partial charge on any atom is 0.0681 e. The van der Waals surface area contributed by atoms with Gasteiger partial charge < -0.3 is 5.11 Å². The molecule has 1 fully saturated rings. The van der Waals surface area contributed by atoms with Gasteiger partial charge in [0.1, 0.15) is 0 Å². The smallest absolute Gasteiger partial charge is 0.0681 e. The number of hydrogen-bond donors (Lipinski definition) is 1. The maximum atomic E-state index is 9.58. The van der Waals surface area contributed by atoms with Crippen LogP contribution >= 0.6 is 0 Å². The molecule has 0 radical (unpaired) electrons. The summed E-state index contributed by atoms with van der Waals surface area (Å²) < 4.78 is 0. The second kappa shape index (κ2) is 6.49. The highest BCUT2D eigenvalue weighted by Gasteiger charge is 2.36. The fraction of sp³-hybridized carbons (Fsp3) is 0.455. The van der Waals surface area contributed by atoms with E-state index in [0.717, 1.165) is 12.0 Å². The molecule has 2 aromatic rings. The van der Waals surface area contributed by atoms with Crippen molar-refractivity contribution in [1.82, 2.24) is 0 Å². The Labute approximate surface area is 140 Å². The second-order valence-electron chi connectivity index (χ2n) is 7.57. The highest BCUT2D eigenvalue weighted by molar-refractivity contribution is 5.69. The van der Waals surface area contributed by atoms with Crippen LogP contribution in [0.5, 0.6) is 0 Å². The number of aliphatic hydroxyl groups excluding tert-OH is 1. The van der Waals surface area contributed by atoms with E-state index in [-0.39, 0.29) is 6.61 Å². The van der Waals surface area contributed by atoms with Crippen LogP contribution in [0, 0.1) is 5.41 Å². The molecule has 0 heterocycles. The van der Waals surface area contributed by atoms with Gasteiger partial charge in [-0.1, -0.05) is 69.7 Å². The van der Waals surface area contributed by atoms with Crippen LogP contribution in [0.3, 0.4) is 0 Å². The number of rotatable bonds is 4. The number of hydrogen-bond acceptors (Lipinski definition) is 1. The van der Waals surface area contributed by atoms with Gasteiger partial charge in [-0.3, -0.25) is 0 Å². The molecule has 3 rings (SSSR count). The van der Waals surface area contributed by atoms with Crippen LogP contribution in [0.15, 0.2) is 42.5 Å². The van der Waals surface area contributed by atoms with Crippen molar-refractivity contribution in [3.8, 4) is 11.1 Å². The van der Waals surface area contributed by atoms with Gasteiger partial charge in [-0.2, -0.15) is 0 Å². The zero-order chi connectivity index (χ0) is 16.4. The summed E-state index contributed by atoms with van der Waals surface area (Å²) in [4.78, 5) is 0. The van der Waals surface area contributed by atoms with Gasteiger partial charge in [0, 0.05) is 0 Å². The minimum atomic E-state index is 0.120. The first-order valence-corrected chi connectivity index (χ1v) is 8.88. The molecular formula is C22H28O. The zero-order valence-corrected chi connectivity index (χ0v) is 14.6. The highest BCUT2D eigenvalue weighted by atomic mass is 16.3. The Bertz CT molecular complexity index is 684. The molecule has 0 spiro atoms. The van der Waals surface area contributed by atoms with Crippen molar-refractivity contribution in [2.24, 2.45) is 5.41 Å². The third-order valence-electron chi connectivity index (χ3n) is 5.58. The molecule has 0 aliphatic heterocycles. The van der Waals surface area contributed by atoms with Gasteiger partial charge in [0.2, 0.25) is 0 Å². The number of aryl methyl sites for hydroxylation is 1. The Kier molecular flexibility index (Phi) is 4.59. The largest absolute Gasteiger partial charge is 0.392 e. The summed E-state index contributed by atoms with van der Waals surface area (Å²) in [6.07, 6.45) is 4.90. The lowest BCUT2D eigenvalue weighted by molar-refractivity contribution is 0.281. The normalized spacial score (nSPS) is 19.9. The quantitative estimate of drug-likeness (QED) is 0.768. The summed E-state index contributed by atoms with van der Waals surface area (Å²) in [5.74, 6) is 0.578. The molecule has 1 heteroatoms. The standard InChI is InChI=1S/C22H28O/c1-4-16-7-5-8-18(13-16)19-11-10-17(15-23)14-20(19)21-9-6-12-22(21,2)3/h5,7-8,10-11,13-14,21,23H,4,6,9,12,15H2,1-3H3. The van der Waals surface area contributed by atoms with Gasteiger partial charge in [-0.05, 0) is 58.4 Å². The summed E-state index contributed by atoms with van der Waals surface area (Å²) in [6.45, 7) is 7.11. The van der Waals surface area contributed by atoms with Crippen molar-refractivity contribution in [1.29, 1.82) is 0 Å². The lowest BCUT2D eigenvalue weighted by Crippen LogP contribution is -2.16. The van der Waals surface area contributed by atoms with Crippen LogP contribution < -0.4 is 0 Å². The maximum absolute atomic E-state index is 9.58. The van der Waals surface area contributed by atoms with Crippen LogP contribution in [-0.4, -0.2) is 5.11 Å². The fourth-order valence-corrected chi connectivity index (χ4v) is 4.12. The Balaban J connectivity index is 2.13. The van der Waals surface area contributed by atoms with Crippen molar-refractivity contribution in [2.75, 3.05) is 0 Å². The van der Waals surface area contributed by atoms with E-state index >= 15 is 0 Å². The molecular weight excluding hydrogens is 280 g/mol. The fourth-order valence-electron chi connectivity index (χ4n) is 4.12. The summed E-state index contributed by atoms with van der Waals surface area (Å²) in [5.41, 5.74) is 6.82. The van der Waals surface area contributed by atoms with Crippen LogP contribution in [0.1, 0.15) is 62.6 Å². The molecule has 0 saturated heterocycles. The van der Waals surface area contributed by atoms with E-state index in [9.17, 15) is 5.11 Å². The lowest BCUT2D eigenvalue weighted by Gasteiger charge is -2.29. The average Bonchev–Trinajstić information content (AvgIpc) is 2.93. The van der Waals surface area contributed by atoms with Crippen molar-refractivity contribution in [3.05, 3.63) is 59.2 Å². The van der Waals surface area contributed by atoms with Gasteiger partial charge in [0.05, 0.1) is 6.61 Å². The van der Waals surface area contributed by atoms with Gasteiger partial charge in [-0.15, -0.1) is 0 Å². The Hall–Kier alpha value is -1.60. The molecule has 23 heavy (non-hydrogen) atoms. The van der Waals surface area contributed by atoms with Gasteiger partial charge in [0.25, 0.3) is 0 Å². The first kappa shape index (κ1) is 16.3. The summed E-state index contributed by atoms with van der Waals surface area (Å²) in [6, 6.07) is 15.4. The molecule has 1 N–H and O–H groups in total. The van der Waals surface area contributed by atoms with E-state index in [4.69, 9.17) is 0 Å². The average molecular weight is 308 g/mol. The Morgan fingerprint density at radius 2 is 1.91 bits per heavy atom. The molecule has 1 aliphatic rings. The van der Waals surface area contributed by atoms with Crippen molar-refractivity contribution >= 4 is 0 Å². The predicted octanol–water partition coefficient (Wildman–Crippen LogP) is 5.70. The van der Waals surface area contributed by atoms with E-state index in [1.54, 1.807) is 0 Å². The molecule has 1 aliphatic carbocycles. The van der Waals surface area contributed by atoms with E-state index in [1.807, 2.05) is 0 Å². The lowest BCUT2D eigenvalue weighted by atomic mass is 9.75. The first-order valence-electron chi connectivity index (χ1n) is 8.88. The molecule has 0 amide bonds. The molecule has 0 bridgehead atoms. The topological polar surface area (TPSA) is 20.2 Å². The molecule has 122 valence electrons. The van der Waals surface area contributed by atoms with E-state index in [1.165, 1.54) is 41.5 Å². The highest BCUT2D eigenvalue weighted by Crippen LogP contribution is 2.51. The first-order chi connectivity index (χ1) is 11.0. The monoisotopic (exact) mass is 308 g/mol. The third-order valence-corrected chi connectivity index (χ3v) is 5.58. The molecule has 1 saturated carbocycles. The summed E-state index contributed by atoms with van der Waals surface area (Å²) >= 11 is 0. The van der Waals surface area contributed by atoms with E-state index in [0.29, 0.717) is 11.3 Å². The molecule has 1 atom stereocenters. The van der Waals surface area contributed by atoms with Crippen molar-refractivity contribution in [2.45, 2.75) is 59.0 Å². The minimum Gasteiger partial charge on any atom is -0.392 e. The second-order valence-corrected chi connectivity index (χ2v) is 7.57. The van der Waals surface area contributed by atoms with Gasteiger partial charge in [0.15, 0.2) is 0 Å². The summed E-state index contributed by atoms with van der Waals surface area (Å²) in [7, 11) is 0. The molecule has 0 aromatic heterocycles. The third kappa shape index (κ3) is 3.21. The van der Waals surface area contributed by atoms with Crippen molar-refractivity contribution < 1.29 is 5.11 Å². The summed E-state index contributed by atoms with van der Waals surface area (Å²) in [5, 5.41) is 9.58. The van der Waals surface area contributed by atoms with Crippen molar-refractivity contribution in [3.63, 3.8) is 0 Å². The Morgan fingerprint density at radius 1 is 1.09 bits per heavy atom. The SMILES string of the molecule is CCc1cccc(-c2ccc(CO)cc2C2CCCC2(C)C)c1. The van der Waals surface area contributed by atoms with Crippen LogP contribution in [-0.2, 0) is 13.0 Å².